The van der Waals surface area contributed by atoms with E-state index in [1.807, 2.05) is 18.2 Å². The molecule has 25 heavy (non-hydrogen) atoms. The van der Waals surface area contributed by atoms with Gasteiger partial charge in [0.05, 0.1) is 17.6 Å². The molecule has 4 aromatic heterocycles. The third kappa shape index (κ3) is 2.22. The summed E-state index contributed by atoms with van der Waals surface area (Å²) in [5.41, 5.74) is 2.59. The molecule has 126 valence electrons. The van der Waals surface area contributed by atoms with Gasteiger partial charge in [0.25, 0.3) is 0 Å². The predicted molar refractivity (Wildman–Crippen MR) is 97.4 cm³/mol. The molecule has 0 spiro atoms. The van der Waals surface area contributed by atoms with Gasteiger partial charge in [-0.25, -0.2) is 18.9 Å². The van der Waals surface area contributed by atoms with Gasteiger partial charge in [0.1, 0.15) is 10.7 Å². The van der Waals surface area contributed by atoms with Crippen LogP contribution in [0.15, 0.2) is 29.2 Å². The summed E-state index contributed by atoms with van der Waals surface area (Å²) in [6, 6.07) is 5.70. The lowest BCUT2D eigenvalue weighted by Crippen LogP contribution is -2.24. The minimum Gasteiger partial charge on any atom is -0.259 e. The first-order valence-electron chi connectivity index (χ1n) is 8.42. The van der Waals surface area contributed by atoms with Crippen molar-refractivity contribution in [1.29, 1.82) is 0 Å². The Kier molecular flexibility index (Phi) is 3.09. The Morgan fingerprint density at radius 1 is 1.28 bits per heavy atom. The molecular weight excluding hydrogens is 334 g/mol. The van der Waals surface area contributed by atoms with Crippen molar-refractivity contribution < 1.29 is 0 Å². The molecule has 5 rings (SSSR count). The van der Waals surface area contributed by atoms with Crippen LogP contribution < -0.4 is 5.69 Å². The number of pyridine rings is 1. The molecule has 1 saturated carbocycles. The van der Waals surface area contributed by atoms with Crippen LogP contribution in [0.4, 0.5) is 0 Å². The summed E-state index contributed by atoms with van der Waals surface area (Å²) in [5.74, 6) is 1.24. The van der Waals surface area contributed by atoms with E-state index in [9.17, 15) is 4.79 Å². The number of hydrogen-bond acceptors (Lipinski definition) is 5. The van der Waals surface area contributed by atoms with Gasteiger partial charge < -0.3 is 0 Å². The van der Waals surface area contributed by atoms with Gasteiger partial charge in [-0.1, -0.05) is 6.07 Å². The van der Waals surface area contributed by atoms with Gasteiger partial charge in [0.2, 0.25) is 0 Å². The van der Waals surface area contributed by atoms with Crippen molar-refractivity contribution >= 4 is 27.2 Å². The third-order valence-corrected chi connectivity index (χ3v) is 5.96. The largest absolute Gasteiger partial charge is 0.352 e. The number of thiophene rings is 1. The number of aryl methyl sites for hydroxylation is 2. The standard InChI is InChI=1S/C18H17N5OS/c1-10-11(2)25-17-14(10)16-21-22(9-13-5-3-4-8-19-13)18(24)23(16)15(20-17)12-6-7-12/h3-5,8,12H,6-7,9H2,1-2H3. The SMILES string of the molecule is Cc1sc2nc(C3CC3)n3c(=O)n(Cc4ccccn4)nc3c2c1C. The van der Waals surface area contributed by atoms with E-state index in [0.29, 0.717) is 12.5 Å². The Hall–Kier alpha value is -2.54. The van der Waals surface area contributed by atoms with Crippen LogP contribution in [-0.2, 0) is 6.54 Å². The number of fused-ring (bicyclic) bond motifs is 3. The van der Waals surface area contributed by atoms with Crippen molar-refractivity contribution in [3.63, 3.8) is 0 Å². The highest BCUT2D eigenvalue weighted by Crippen LogP contribution is 2.41. The first kappa shape index (κ1) is 14.8. The van der Waals surface area contributed by atoms with E-state index >= 15 is 0 Å². The smallest absolute Gasteiger partial charge is 0.259 e. The van der Waals surface area contributed by atoms with Crippen molar-refractivity contribution in [1.82, 2.24) is 24.1 Å². The van der Waals surface area contributed by atoms with Crippen LogP contribution >= 0.6 is 11.3 Å². The van der Waals surface area contributed by atoms with E-state index in [1.54, 1.807) is 21.9 Å². The number of rotatable bonds is 3. The molecule has 4 aromatic rings. The van der Waals surface area contributed by atoms with Crippen LogP contribution in [0.2, 0.25) is 0 Å². The van der Waals surface area contributed by atoms with Gasteiger partial charge in [0, 0.05) is 17.0 Å². The van der Waals surface area contributed by atoms with Crippen molar-refractivity contribution in [3.8, 4) is 0 Å². The van der Waals surface area contributed by atoms with E-state index in [1.165, 1.54) is 9.56 Å². The molecule has 0 unspecified atom stereocenters. The fourth-order valence-corrected chi connectivity index (χ4v) is 4.28. The molecule has 0 aliphatic heterocycles. The second-order valence-corrected chi connectivity index (χ2v) is 7.83. The van der Waals surface area contributed by atoms with E-state index in [4.69, 9.17) is 4.98 Å². The summed E-state index contributed by atoms with van der Waals surface area (Å²) in [6.45, 7) is 4.54. The predicted octanol–water partition coefficient (Wildman–Crippen LogP) is 3.04. The third-order valence-electron chi connectivity index (χ3n) is 4.86. The normalized spacial score (nSPS) is 14.6. The lowest BCUT2D eigenvalue weighted by molar-refractivity contribution is 0.642. The maximum absolute atomic E-state index is 13.0. The number of hydrogen-bond donors (Lipinski definition) is 0. The zero-order chi connectivity index (χ0) is 17.1. The highest BCUT2D eigenvalue weighted by molar-refractivity contribution is 7.18. The van der Waals surface area contributed by atoms with Gasteiger partial charge in [0.15, 0.2) is 5.65 Å². The van der Waals surface area contributed by atoms with Gasteiger partial charge in [-0.05, 0) is 44.4 Å². The van der Waals surface area contributed by atoms with Gasteiger partial charge in [-0.2, -0.15) is 0 Å². The lowest BCUT2D eigenvalue weighted by atomic mass is 10.2. The molecule has 0 amide bonds. The Labute approximate surface area is 147 Å². The molecular formula is C18H17N5OS. The average molecular weight is 351 g/mol. The summed E-state index contributed by atoms with van der Waals surface area (Å²) >= 11 is 1.68. The van der Waals surface area contributed by atoms with Crippen molar-refractivity contribution in [2.45, 2.75) is 39.2 Å². The summed E-state index contributed by atoms with van der Waals surface area (Å²) in [6.07, 6.45) is 3.92. The first-order chi connectivity index (χ1) is 12.1. The monoisotopic (exact) mass is 351 g/mol. The number of aromatic nitrogens is 5. The molecule has 6 nitrogen and oxygen atoms in total. The fourth-order valence-electron chi connectivity index (χ4n) is 3.24. The molecule has 0 atom stereocenters. The van der Waals surface area contributed by atoms with Gasteiger partial charge in [-0.3, -0.25) is 4.98 Å². The first-order valence-corrected chi connectivity index (χ1v) is 9.24. The highest BCUT2D eigenvalue weighted by atomic mass is 32.1. The van der Waals surface area contributed by atoms with E-state index in [2.05, 4.69) is 23.9 Å². The van der Waals surface area contributed by atoms with Crippen LogP contribution in [0.25, 0.3) is 15.9 Å². The Morgan fingerprint density at radius 3 is 2.84 bits per heavy atom. The molecule has 0 N–H and O–H groups in total. The quantitative estimate of drug-likeness (QED) is 0.569. The fraction of sp³-hybridized carbons (Fsp3) is 0.333. The Morgan fingerprint density at radius 2 is 2.12 bits per heavy atom. The van der Waals surface area contributed by atoms with E-state index in [0.717, 1.165) is 45.8 Å². The maximum atomic E-state index is 13.0. The lowest BCUT2D eigenvalue weighted by Gasteiger charge is -2.02. The van der Waals surface area contributed by atoms with E-state index in [-0.39, 0.29) is 5.69 Å². The maximum Gasteiger partial charge on any atom is 0.352 e. The van der Waals surface area contributed by atoms with Gasteiger partial charge in [-0.15, -0.1) is 16.4 Å². The molecule has 0 aromatic carbocycles. The molecule has 0 bridgehead atoms. The Balaban J connectivity index is 1.81. The average Bonchev–Trinajstić information content (AvgIpc) is 3.35. The molecule has 1 aliphatic carbocycles. The Bertz CT molecular complexity index is 1170. The molecule has 0 radical (unpaired) electrons. The highest BCUT2D eigenvalue weighted by Gasteiger charge is 2.31. The molecule has 1 aliphatic rings. The van der Waals surface area contributed by atoms with E-state index < -0.39 is 0 Å². The zero-order valence-corrected chi connectivity index (χ0v) is 14.9. The summed E-state index contributed by atoms with van der Waals surface area (Å²) in [7, 11) is 0. The van der Waals surface area contributed by atoms with Crippen LogP contribution in [0.3, 0.4) is 0 Å². The minimum atomic E-state index is -0.125. The van der Waals surface area contributed by atoms with Gasteiger partial charge >= 0.3 is 5.69 Å². The topological polar surface area (TPSA) is 65.1 Å². The van der Waals surface area contributed by atoms with Crippen LogP contribution in [-0.4, -0.2) is 24.1 Å². The molecule has 7 heteroatoms. The second-order valence-electron chi connectivity index (χ2n) is 6.63. The van der Waals surface area contributed by atoms with Crippen LogP contribution in [0.5, 0.6) is 0 Å². The minimum absolute atomic E-state index is 0.125. The summed E-state index contributed by atoms with van der Waals surface area (Å²) in [5, 5.41) is 5.68. The molecule has 1 fully saturated rings. The number of nitrogens with zero attached hydrogens (tertiary/aromatic N) is 5. The summed E-state index contributed by atoms with van der Waals surface area (Å²) < 4.78 is 3.24. The summed E-state index contributed by atoms with van der Waals surface area (Å²) in [4.78, 5) is 24.4. The van der Waals surface area contributed by atoms with Crippen LogP contribution in [0.1, 0.15) is 40.7 Å². The molecule has 0 saturated heterocycles. The second kappa shape index (κ2) is 5.23. The van der Waals surface area contributed by atoms with Crippen LogP contribution in [0, 0.1) is 13.8 Å². The zero-order valence-electron chi connectivity index (χ0n) is 14.1. The molecule has 4 heterocycles. The van der Waals surface area contributed by atoms with Crippen molar-refractivity contribution in [2.24, 2.45) is 0 Å². The van der Waals surface area contributed by atoms with Crippen molar-refractivity contribution in [3.05, 3.63) is 56.8 Å². The van der Waals surface area contributed by atoms with Crippen molar-refractivity contribution in [2.75, 3.05) is 0 Å².